The van der Waals surface area contributed by atoms with Gasteiger partial charge in [0.25, 0.3) is 0 Å². The Morgan fingerprint density at radius 3 is 2.60 bits per heavy atom. The molecule has 1 N–H and O–H groups in total. The molecule has 1 spiro atoms. The van der Waals surface area contributed by atoms with Gasteiger partial charge < -0.3 is 9.84 Å². The minimum Gasteiger partial charge on any atom is -0.489 e. The van der Waals surface area contributed by atoms with Crippen LogP contribution < -0.4 is 4.74 Å². The van der Waals surface area contributed by atoms with Crippen molar-refractivity contribution in [3.63, 3.8) is 0 Å². The molecular formula is C16H19IO3. The molecule has 20 heavy (non-hydrogen) atoms. The van der Waals surface area contributed by atoms with Gasteiger partial charge in [-0.15, -0.1) is 0 Å². The number of benzene rings is 1. The third-order valence-electron chi connectivity index (χ3n) is 4.88. The van der Waals surface area contributed by atoms with Gasteiger partial charge in [0.2, 0.25) is 0 Å². The van der Waals surface area contributed by atoms with Crippen LogP contribution in [-0.2, 0) is 0 Å². The Kier molecular flexibility index (Phi) is 3.93. The molecule has 2 aliphatic carbocycles. The highest BCUT2D eigenvalue weighted by Gasteiger charge is 2.48. The zero-order valence-corrected chi connectivity index (χ0v) is 13.6. The highest BCUT2D eigenvalue weighted by molar-refractivity contribution is 14.1. The topological polar surface area (TPSA) is 46.5 Å². The number of aromatic carboxylic acids is 1. The van der Waals surface area contributed by atoms with Gasteiger partial charge in [-0.25, -0.2) is 4.79 Å². The summed E-state index contributed by atoms with van der Waals surface area (Å²) in [7, 11) is 0. The highest BCUT2D eigenvalue weighted by atomic mass is 127. The number of halogens is 1. The molecule has 2 saturated carbocycles. The zero-order chi connectivity index (χ0) is 14.2. The second-order valence-corrected chi connectivity index (χ2v) is 7.18. The van der Waals surface area contributed by atoms with E-state index >= 15 is 0 Å². The SMILES string of the molecule is O=C(O)c1ccc(I)c(OC2CCC23CCCCC3)c1. The zero-order valence-electron chi connectivity index (χ0n) is 11.4. The van der Waals surface area contributed by atoms with Crippen molar-refractivity contribution in [1.82, 2.24) is 0 Å². The fraction of sp³-hybridized carbons (Fsp3) is 0.562. The summed E-state index contributed by atoms with van der Waals surface area (Å²) in [6, 6.07) is 5.12. The molecule has 108 valence electrons. The van der Waals surface area contributed by atoms with E-state index in [1.807, 2.05) is 6.07 Å². The lowest BCUT2D eigenvalue weighted by Gasteiger charge is -2.51. The van der Waals surface area contributed by atoms with Crippen molar-refractivity contribution in [2.75, 3.05) is 0 Å². The quantitative estimate of drug-likeness (QED) is 0.780. The number of carboxylic acids is 1. The van der Waals surface area contributed by atoms with E-state index in [4.69, 9.17) is 9.84 Å². The lowest BCUT2D eigenvalue weighted by molar-refractivity contribution is -0.0707. The standard InChI is InChI=1S/C16H19IO3/c17-12-5-4-11(15(18)19)10-13(12)20-14-6-9-16(14)7-2-1-3-8-16/h4-5,10,14H,1-3,6-9H2,(H,18,19). The van der Waals surface area contributed by atoms with Gasteiger partial charge in [0.15, 0.2) is 0 Å². The van der Waals surface area contributed by atoms with Crippen LogP contribution in [0.4, 0.5) is 0 Å². The number of carbonyl (C=O) groups is 1. The van der Waals surface area contributed by atoms with E-state index in [0.717, 1.165) is 15.7 Å². The fourth-order valence-electron chi connectivity index (χ4n) is 3.56. The molecule has 4 heteroatoms. The Bertz CT molecular complexity index is 520. The third-order valence-corrected chi connectivity index (χ3v) is 5.78. The summed E-state index contributed by atoms with van der Waals surface area (Å²) in [5.74, 6) is -0.160. The van der Waals surface area contributed by atoms with E-state index in [-0.39, 0.29) is 6.10 Å². The molecule has 0 radical (unpaired) electrons. The smallest absolute Gasteiger partial charge is 0.335 e. The van der Waals surface area contributed by atoms with Gasteiger partial charge in [0.05, 0.1) is 9.13 Å². The van der Waals surface area contributed by atoms with Crippen molar-refractivity contribution in [3.05, 3.63) is 27.3 Å². The van der Waals surface area contributed by atoms with Crippen molar-refractivity contribution in [2.45, 2.75) is 51.0 Å². The molecule has 0 heterocycles. The van der Waals surface area contributed by atoms with Gasteiger partial charge >= 0.3 is 5.97 Å². The second kappa shape index (κ2) is 5.54. The number of carboxylic acid groups (broad SMARTS) is 1. The minimum absolute atomic E-state index is 0.278. The van der Waals surface area contributed by atoms with Crippen LogP contribution in [0.15, 0.2) is 18.2 Å². The summed E-state index contributed by atoms with van der Waals surface area (Å²) < 4.78 is 7.19. The maximum absolute atomic E-state index is 11.1. The van der Waals surface area contributed by atoms with Gasteiger partial charge in [0, 0.05) is 5.41 Å². The monoisotopic (exact) mass is 386 g/mol. The van der Waals surface area contributed by atoms with Gasteiger partial charge in [-0.1, -0.05) is 19.3 Å². The van der Waals surface area contributed by atoms with E-state index in [9.17, 15) is 4.79 Å². The van der Waals surface area contributed by atoms with Crippen LogP contribution >= 0.6 is 22.6 Å². The van der Waals surface area contributed by atoms with Gasteiger partial charge in [-0.2, -0.15) is 0 Å². The average molecular weight is 386 g/mol. The molecule has 0 aromatic heterocycles. The molecule has 1 aromatic rings. The molecule has 3 rings (SSSR count). The van der Waals surface area contributed by atoms with E-state index < -0.39 is 5.97 Å². The van der Waals surface area contributed by atoms with Crippen LogP contribution in [0.2, 0.25) is 0 Å². The minimum atomic E-state index is -0.896. The summed E-state index contributed by atoms with van der Waals surface area (Å²) in [6.45, 7) is 0. The van der Waals surface area contributed by atoms with Crippen LogP contribution in [0.5, 0.6) is 5.75 Å². The summed E-state index contributed by atoms with van der Waals surface area (Å²) >= 11 is 2.22. The molecule has 2 fully saturated rings. The number of rotatable bonds is 3. The Morgan fingerprint density at radius 2 is 2.00 bits per heavy atom. The van der Waals surface area contributed by atoms with Crippen LogP contribution in [0.1, 0.15) is 55.3 Å². The van der Waals surface area contributed by atoms with Gasteiger partial charge in [0.1, 0.15) is 11.9 Å². The summed E-state index contributed by atoms with van der Waals surface area (Å²) in [4.78, 5) is 11.1. The van der Waals surface area contributed by atoms with Crippen molar-refractivity contribution >= 4 is 28.6 Å². The lowest BCUT2D eigenvalue weighted by Crippen LogP contribution is -2.49. The molecular weight excluding hydrogens is 367 g/mol. The van der Waals surface area contributed by atoms with Crippen LogP contribution in [0.3, 0.4) is 0 Å². The van der Waals surface area contributed by atoms with E-state index in [0.29, 0.717) is 11.0 Å². The summed E-state index contributed by atoms with van der Waals surface area (Å²) in [5.41, 5.74) is 0.679. The molecule has 0 aliphatic heterocycles. The molecule has 0 amide bonds. The first-order valence-electron chi connectivity index (χ1n) is 7.30. The Morgan fingerprint density at radius 1 is 1.25 bits per heavy atom. The number of ether oxygens (including phenoxy) is 1. The van der Waals surface area contributed by atoms with Crippen LogP contribution in [-0.4, -0.2) is 17.2 Å². The Balaban J connectivity index is 1.77. The highest BCUT2D eigenvalue weighted by Crippen LogP contribution is 2.53. The molecule has 1 atom stereocenters. The fourth-order valence-corrected chi connectivity index (χ4v) is 4.02. The first kappa shape index (κ1) is 14.2. The largest absolute Gasteiger partial charge is 0.489 e. The van der Waals surface area contributed by atoms with Crippen molar-refractivity contribution in [3.8, 4) is 5.75 Å². The summed E-state index contributed by atoms with van der Waals surface area (Å²) in [6.07, 6.45) is 9.17. The molecule has 3 nitrogen and oxygen atoms in total. The summed E-state index contributed by atoms with van der Waals surface area (Å²) in [5, 5.41) is 9.09. The maximum atomic E-state index is 11.1. The molecule has 0 bridgehead atoms. The Hall–Kier alpha value is -0.780. The van der Waals surface area contributed by atoms with Gasteiger partial charge in [-0.05, 0) is 66.5 Å². The van der Waals surface area contributed by atoms with Gasteiger partial charge in [-0.3, -0.25) is 0 Å². The van der Waals surface area contributed by atoms with E-state index in [2.05, 4.69) is 22.6 Å². The second-order valence-electron chi connectivity index (χ2n) is 6.02. The van der Waals surface area contributed by atoms with Crippen LogP contribution in [0, 0.1) is 8.99 Å². The maximum Gasteiger partial charge on any atom is 0.335 e. The van der Waals surface area contributed by atoms with E-state index in [1.54, 1.807) is 12.1 Å². The normalized spacial score (nSPS) is 24.1. The van der Waals surface area contributed by atoms with Crippen molar-refractivity contribution in [2.24, 2.45) is 5.41 Å². The van der Waals surface area contributed by atoms with E-state index in [1.165, 1.54) is 38.5 Å². The first-order valence-corrected chi connectivity index (χ1v) is 8.38. The first-order chi connectivity index (χ1) is 9.61. The lowest BCUT2D eigenvalue weighted by atomic mass is 9.58. The third kappa shape index (κ3) is 2.54. The average Bonchev–Trinajstić information content (AvgIpc) is 2.45. The Labute approximate surface area is 132 Å². The van der Waals surface area contributed by atoms with Crippen LogP contribution in [0.25, 0.3) is 0 Å². The predicted octanol–water partition coefficient (Wildman–Crippen LogP) is 4.48. The predicted molar refractivity (Wildman–Crippen MR) is 85.3 cm³/mol. The number of hydrogen-bond donors (Lipinski definition) is 1. The molecule has 1 unspecified atom stereocenters. The van der Waals surface area contributed by atoms with Crippen molar-refractivity contribution < 1.29 is 14.6 Å². The molecule has 1 aromatic carbocycles. The number of hydrogen-bond acceptors (Lipinski definition) is 2. The molecule has 0 saturated heterocycles. The van der Waals surface area contributed by atoms with Crippen molar-refractivity contribution in [1.29, 1.82) is 0 Å². The molecule has 2 aliphatic rings.